The molecule has 1 rings (SSSR count). The first-order valence-corrected chi connectivity index (χ1v) is 4.36. The smallest absolute Gasteiger partial charge is 0.152 e. The third kappa shape index (κ3) is 2.28. The van der Waals surface area contributed by atoms with Crippen LogP contribution in [-0.2, 0) is 4.79 Å². The van der Waals surface area contributed by atoms with Crippen LogP contribution in [0.2, 0.25) is 0 Å². The Hall–Kier alpha value is -0.890. The van der Waals surface area contributed by atoms with Gasteiger partial charge in [-0.3, -0.25) is 4.79 Å². The zero-order chi connectivity index (χ0) is 10.0. The molecule has 0 aliphatic rings. The zero-order valence-corrected chi connectivity index (χ0v) is 8.23. The number of hydrogen-bond acceptors (Lipinski definition) is 1. The minimum absolute atomic E-state index is 0.246. The Balaban J connectivity index is 3.08. The van der Waals surface area contributed by atoms with Crippen molar-refractivity contribution in [3.05, 3.63) is 35.1 Å². The molecule has 0 bridgehead atoms. The lowest BCUT2D eigenvalue weighted by atomic mass is 10.1. The molecule has 0 saturated carbocycles. The van der Waals surface area contributed by atoms with Crippen LogP contribution < -0.4 is 0 Å². The van der Waals surface area contributed by atoms with Crippen LogP contribution in [0.1, 0.15) is 23.4 Å². The number of carbonyl (C=O) groups excluding carboxylic acids is 1. The van der Waals surface area contributed by atoms with Gasteiger partial charge < -0.3 is 0 Å². The summed E-state index contributed by atoms with van der Waals surface area (Å²) in [6.07, 6.45) is 0. The summed E-state index contributed by atoms with van der Waals surface area (Å²) in [7, 11) is 0. The summed E-state index contributed by atoms with van der Waals surface area (Å²) in [6, 6.07) is 4.65. The molecule has 0 aliphatic heterocycles. The van der Waals surface area contributed by atoms with Crippen molar-refractivity contribution in [1.29, 1.82) is 0 Å². The Morgan fingerprint density at radius 2 is 2.15 bits per heavy atom. The van der Waals surface area contributed by atoms with Crippen molar-refractivity contribution in [3.63, 3.8) is 0 Å². The zero-order valence-electron chi connectivity index (χ0n) is 7.47. The Kier molecular flexibility index (Phi) is 3.04. The number of aryl methyl sites for hydroxylation is 1. The highest BCUT2D eigenvalue weighted by molar-refractivity contribution is 6.30. The predicted octanol–water partition coefficient (Wildman–Crippen LogP) is 3.00. The summed E-state index contributed by atoms with van der Waals surface area (Å²) < 4.78 is 13.2. The van der Waals surface area contributed by atoms with Gasteiger partial charge in [0.25, 0.3) is 0 Å². The SMILES string of the molecule is CC(=O)C(Cl)c1ccc(C)cc1F. The summed E-state index contributed by atoms with van der Waals surface area (Å²) in [6.45, 7) is 3.13. The second-order valence-electron chi connectivity index (χ2n) is 3.00. The molecule has 1 aromatic rings. The molecule has 0 aromatic heterocycles. The van der Waals surface area contributed by atoms with Crippen LogP contribution in [0, 0.1) is 12.7 Å². The van der Waals surface area contributed by atoms with Crippen LogP contribution >= 0.6 is 11.6 Å². The van der Waals surface area contributed by atoms with Crippen molar-refractivity contribution in [2.24, 2.45) is 0 Å². The van der Waals surface area contributed by atoms with Gasteiger partial charge in [0.05, 0.1) is 0 Å². The average molecular weight is 201 g/mol. The molecule has 0 N–H and O–H groups in total. The van der Waals surface area contributed by atoms with E-state index in [4.69, 9.17) is 11.6 Å². The molecule has 70 valence electrons. The fraction of sp³-hybridized carbons (Fsp3) is 0.300. The average Bonchev–Trinajstić information content (AvgIpc) is 2.03. The van der Waals surface area contributed by atoms with Crippen molar-refractivity contribution in [1.82, 2.24) is 0 Å². The first-order valence-electron chi connectivity index (χ1n) is 3.93. The summed E-state index contributed by atoms with van der Waals surface area (Å²) in [5, 5.41) is -0.874. The van der Waals surface area contributed by atoms with Gasteiger partial charge in [0.2, 0.25) is 0 Å². The monoisotopic (exact) mass is 200 g/mol. The first kappa shape index (κ1) is 10.2. The first-order chi connectivity index (χ1) is 6.02. The fourth-order valence-corrected chi connectivity index (χ4v) is 1.23. The molecule has 0 heterocycles. The van der Waals surface area contributed by atoms with Crippen LogP contribution in [-0.4, -0.2) is 5.78 Å². The maximum atomic E-state index is 13.2. The quantitative estimate of drug-likeness (QED) is 0.671. The second-order valence-corrected chi connectivity index (χ2v) is 3.43. The maximum Gasteiger partial charge on any atom is 0.152 e. The highest BCUT2D eigenvalue weighted by atomic mass is 35.5. The number of rotatable bonds is 2. The fourth-order valence-electron chi connectivity index (χ4n) is 1.06. The Labute approximate surface area is 81.5 Å². The van der Waals surface area contributed by atoms with Gasteiger partial charge in [-0.25, -0.2) is 4.39 Å². The maximum absolute atomic E-state index is 13.2. The molecule has 0 spiro atoms. The van der Waals surface area contributed by atoms with Crippen molar-refractivity contribution in [2.75, 3.05) is 0 Å². The highest BCUT2D eigenvalue weighted by Gasteiger charge is 2.16. The third-order valence-corrected chi connectivity index (χ3v) is 2.33. The van der Waals surface area contributed by atoms with Crippen molar-refractivity contribution in [2.45, 2.75) is 19.2 Å². The van der Waals surface area contributed by atoms with Gasteiger partial charge in [-0.2, -0.15) is 0 Å². The predicted molar refractivity (Wildman–Crippen MR) is 50.4 cm³/mol. The molecule has 1 unspecified atom stereocenters. The van der Waals surface area contributed by atoms with Crippen LogP contribution in [0.5, 0.6) is 0 Å². The van der Waals surface area contributed by atoms with E-state index in [2.05, 4.69) is 0 Å². The van der Waals surface area contributed by atoms with Crippen LogP contribution in [0.3, 0.4) is 0 Å². The molecule has 0 saturated heterocycles. The largest absolute Gasteiger partial charge is 0.298 e. The molecule has 3 heteroatoms. The molecular formula is C10H10ClFO. The van der Waals surface area contributed by atoms with Crippen molar-refractivity contribution in [3.8, 4) is 0 Å². The third-order valence-electron chi connectivity index (χ3n) is 1.79. The van der Waals surface area contributed by atoms with E-state index in [1.165, 1.54) is 13.0 Å². The van der Waals surface area contributed by atoms with Gasteiger partial charge in [-0.15, -0.1) is 11.6 Å². The van der Waals surface area contributed by atoms with Gasteiger partial charge in [0, 0.05) is 5.56 Å². The van der Waals surface area contributed by atoms with Crippen LogP contribution in [0.25, 0.3) is 0 Å². The molecule has 1 atom stereocenters. The van der Waals surface area contributed by atoms with Crippen LogP contribution in [0.15, 0.2) is 18.2 Å². The van der Waals surface area contributed by atoms with E-state index in [1.54, 1.807) is 19.1 Å². The molecular weight excluding hydrogens is 191 g/mol. The molecule has 0 radical (unpaired) electrons. The number of halogens is 2. The van der Waals surface area contributed by atoms with E-state index in [-0.39, 0.29) is 11.3 Å². The number of hydrogen-bond donors (Lipinski definition) is 0. The number of alkyl halides is 1. The topological polar surface area (TPSA) is 17.1 Å². The van der Waals surface area contributed by atoms with E-state index in [1.807, 2.05) is 0 Å². The van der Waals surface area contributed by atoms with E-state index in [9.17, 15) is 9.18 Å². The summed E-state index contributed by atoms with van der Waals surface area (Å²) in [5.41, 5.74) is 1.06. The molecule has 0 aliphatic carbocycles. The number of benzene rings is 1. The van der Waals surface area contributed by atoms with Crippen molar-refractivity contribution < 1.29 is 9.18 Å². The van der Waals surface area contributed by atoms with Gasteiger partial charge >= 0.3 is 0 Å². The lowest BCUT2D eigenvalue weighted by molar-refractivity contribution is -0.116. The highest BCUT2D eigenvalue weighted by Crippen LogP contribution is 2.24. The lowest BCUT2D eigenvalue weighted by Gasteiger charge is -2.07. The number of carbonyl (C=O) groups is 1. The molecule has 1 nitrogen and oxygen atoms in total. The molecule has 0 amide bonds. The molecule has 13 heavy (non-hydrogen) atoms. The standard InChI is InChI=1S/C10H10ClFO/c1-6-3-4-8(9(12)5-6)10(11)7(2)13/h3-5,10H,1-2H3. The lowest BCUT2D eigenvalue weighted by Crippen LogP contribution is -2.04. The Bertz CT molecular complexity index is 336. The summed E-state index contributed by atoms with van der Waals surface area (Å²) >= 11 is 5.71. The Morgan fingerprint density at radius 3 is 2.62 bits per heavy atom. The van der Waals surface area contributed by atoms with Crippen molar-refractivity contribution >= 4 is 17.4 Å². The number of ketones is 1. The van der Waals surface area contributed by atoms with E-state index < -0.39 is 11.2 Å². The van der Waals surface area contributed by atoms with Gasteiger partial charge in [0.1, 0.15) is 11.2 Å². The van der Waals surface area contributed by atoms with Crippen LogP contribution in [0.4, 0.5) is 4.39 Å². The van der Waals surface area contributed by atoms with Gasteiger partial charge in [0.15, 0.2) is 5.78 Å². The minimum Gasteiger partial charge on any atom is -0.298 e. The minimum atomic E-state index is -0.874. The summed E-state index contributed by atoms with van der Waals surface area (Å²) in [4.78, 5) is 10.9. The molecule has 0 fully saturated rings. The van der Waals surface area contributed by atoms with Gasteiger partial charge in [-0.1, -0.05) is 12.1 Å². The van der Waals surface area contributed by atoms with E-state index in [0.717, 1.165) is 5.56 Å². The van der Waals surface area contributed by atoms with Gasteiger partial charge in [-0.05, 0) is 25.5 Å². The Morgan fingerprint density at radius 1 is 1.54 bits per heavy atom. The molecule has 1 aromatic carbocycles. The normalized spacial score (nSPS) is 12.6. The summed E-state index contributed by atoms with van der Waals surface area (Å²) in [5.74, 6) is -0.667. The second kappa shape index (κ2) is 3.88. The number of Topliss-reactive ketones (excluding diaryl/α,β-unsaturated/α-hetero) is 1. The van der Waals surface area contributed by atoms with E-state index in [0.29, 0.717) is 0 Å². The van der Waals surface area contributed by atoms with E-state index >= 15 is 0 Å².